The number of hydrogen-bond acceptors (Lipinski definition) is 4. The van der Waals surface area contributed by atoms with Crippen molar-refractivity contribution in [1.82, 2.24) is 4.98 Å². The van der Waals surface area contributed by atoms with Crippen molar-refractivity contribution in [3.63, 3.8) is 0 Å². The van der Waals surface area contributed by atoms with E-state index in [0.29, 0.717) is 23.3 Å². The van der Waals surface area contributed by atoms with Crippen LogP contribution in [0.15, 0.2) is 35.4 Å². The molecule has 0 amide bonds. The number of rotatable bonds is 7. The van der Waals surface area contributed by atoms with Crippen LogP contribution in [-0.2, 0) is 9.05 Å². The van der Waals surface area contributed by atoms with E-state index in [-0.39, 0.29) is 4.90 Å². The van der Waals surface area contributed by atoms with Crippen LogP contribution in [0.1, 0.15) is 32.6 Å². The molecule has 0 unspecified atom stereocenters. The van der Waals surface area contributed by atoms with E-state index >= 15 is 0 Å². The van der Waals surface area contributed by atoms with Gasteiger partial charge in [-0.05, 0) is 30.7 Å². The predicted octanol–water partition coefficient (Wildman–Crippen LogP) is 4.12. The molecule has 114 valence electrons. The van der Waals surface area contributed by atoms with Crippen LogP contribution >= 0.6 is 10.7 Å². The zero-order valence-electron chi connectivity index (χ0n) is 11.9. The van der Waals surface area contributed by atoms with Crippen molar-refractivity contribution >= 4 is 30.6 Å². The lowest BCUT2D eigenvalue weighted by Crippen LogP contribution is -2.00. The molecular weight excluding hydrogens is 310 g/mol. The lowest BCUT2D eigenvalue weighted by Gasteiger charge is -2.10. The van der Waals surface area contributed by atoms with Gasteiger partial charge in [0.05, 0.1) is 12.1 Å². The first-order valence-electron chi connectivity index (χ1n) is 6.99. The molecule has 21 heavy (non-hydrogen) atoms. The molecule has 0 aliphatic carbocycles. The normalized spacial score (nSPS) is 11.7. The maximum atomic E-state index is 11.6. The van der Waals surface area contributed by atoms with E-state index in [1.807, 2.05) is 0 Å². The number of pyridine rings is 1. The lowest BCUT2D eigenvalue weighted by molar-refractivity contribution is 0.308. The Morgan fingerprint density at radius 2 is 2.00 bits per heavy atom. The summed E-state index contributed by atoms with van der Waals surface area (Å²) >= 11 is 0. The highest BCUT2D eigenvalue weighted by molar-refractivity contribution is 8.14. The average molecular weight is 328 g/mol. The number of hydrogen-bond donors (Lipinski definition) is 0. The minimum atomic E-state index is -3.82. The third-order valence-corrected chi connectivity index (χ3v) is 4.56. The second-order valence-corrected chi connectivity index (χ2v) is 7.34. The van der Waals surface area contributed by atoms with Crippen molar-refractivity contribution < 1.29 is 13.2 Å². The highest BCUT2D eigenvalue weighted by Gasteiger charge is 2.17. The number of benzene rings is 1. The van der Waals surface area contributed by atoms with Gasteiger partial charge in [0.25, 0.3) is 9.05 Å². The number of nitrogens with zero attached hydrogens (tertiary/aromatic N) is 1. The molecular formula is C15H18ClNO3S. The summed E-state index contributed by atoms with van der Waals surface area (Å²) in [6.07, 6.45) is 6.01. The van der Waals surface area contributed by atoms with Gasteiger partial charge >= 0.3 is 0 Å². The van der Waals surface area contributed by atoms with E-state index in [9.17, 15) is 8.42 Å². The molecule has 0 radical (unpaired) electrons. The van der Waals surface area contributed by atoms with Gasteiger partial charge in [-0.15, -0.1) is 0 Å². The maximum Gasteiger partial charge on any atom is 0.263 e. The van der Waals surface area contributed by atoms with E-state index in [4.69, 9.17) is 15.4 Å². The highest BCUT2D eigenvalue weighted by atomic mass is 35.7. The first-order valence-corrected chi connectivity index (χ1v) is 9.30. The van der Waals surface area contributed by atoms with Gasteiger partial charge in [0.1, 0.15) is 10.6 Å². The second kappa shape index (κ2) is 7.09. The quantitative estimate of drug-likeness (QED) is 0.567. The van der Waals surface area contributed by atoms with E-state index < -0.39 is 9.05 Å². The largest absolute Gasteiger partial charge is 0.493 e. The van der Waals surface area contributed by atoms with Gasteiger partial charge in [0.2, 0.25) is 0 Å². The fourth-order valence-corrected chi connectivity index (χ4v) is 3.15. The molecule has 2 rings (SSSR count). The molecule has 0 bridgehead atoms. The Bertz CT molecular complexity index is 716. The SMILES string of the molecule is CCCCCCOc1ccc(S(=O)(=O)Cl)c2ncccc12. The van der Waals surface area contributed by atoms with E-state index in [0.717, 1.165) is 12.8 Å². The molecule has 0 spiro atoms. The van der Waals surface area contributed by atoms with E-state index in [1.54, 1.807) is 24.4 Å². The Hall–Kier alpha value is -1.33. The number of unbranched alkanes of at least 4 members (excludes halogenated alkanes) is 3. The first-order chi connectivity index (χ1) is 10.0. The molecule has 6 heteroatoms. The number of aromatic nitrogens is 1. The summed E-state index contributed by atoms with van der Waals surface area (Å²) in [5.41, 5.74) is 0.346. The summed E-state index contributed by atoms with van der Waals surface area (Å²) in [6.45, 7) is 2.77. The van der Waals surface area contributed by atoms with Crippen molar-refractivity contribution in [3.05, 3.63) is 30.5 Å². The fourth-order valence-electron chi connectivity index (χ4n) is 2.15. The molecule has 0 saturated carbocycles. The summed E-state index contributed by atoms with van der Waals surface area (Å²) in [5, 5.41) is 0.662. The summed E-state index contributed by atoms with van der Waals surface area (Å²) in [6, 6.07) is 6.62. The Morgan fingerprint density at radius 1 is 1.19 bits per heavy atom. The van der Waals surface area contributed by atoms with Crippen LogP contribution in [0.5, 0.6) is 5.75 Å². The van der Waals surface area contributed by atoms with Crippen LogP contribution in [0, 0.1) is 0 Å². The lowest BCUT2D eigenvalue weighted by atomic mass is 10.2. The molecule has 0 saturated heterocycles. The molecule has 1 aromatic carbocycles. The zero-order chi connectivity index (χ0) is 15.3. The molecule has 1 heterocycles. The first kappa shape index (κ1) is 16.0. The Balaban J connectivity index is 2.26. The molecule has 0 atom stereocenters. The average Bonchev–Trinajstić information content (AvgIpc) is 2.45. The summed E-state index contributed by atoms with van der Waals surface area (Å²) in [4.78, 5) is 4.13. The third kappa shape index (κ3) is 4.08. The van der Waals surface area contributed by atoms with Gasteiger partial charge in [-0.25, -0.2) is 8.42 Å². The number of fused-ring (bicyclic) bond motifs is 1. The summed E-state index contributed by atoms with van der Waals surface area (Å²) in [7, 11) is 1.62. The Morgan fingerprint density at radius 3 is 2.71 bits per heavy atom. The molecule has 0 fully saturated rings. The van der Waals surface area contributed by atoms with Gasteiger partial charge in [0, 0.05) is 22.3 Å². The summed E-state index contributed by atoms with van der Waals surface area (Å²) < 4.78 is 28.9. The predicted molar refractivity (Wildman–Crippen MR) is 84.4 cm³/mol. The topological polar surface area (TPSA) is 56.3 Å². The van der Waals surface area contributed by atoms with Crippen molar-refractivity contribution in [3.8, 4) is 5.75 Å². The van der Waals surface area contributed by atoms with E-state index in [2.05, 4.69) is 11.9 Å². The van der Waals surface area contributed by atoms with E-state index in [1.165, 1.54) is 18.9 Å². The molecule has 4 nitrogen and oxygen atoms in total. The Labute approximate surface area is 129 Å². The van der Waals surface area contributed by atoms with Crippen molar-refractivity contribution in [2.24, 2.45) is 0 Å². The van der Waals surface area contributed by atoms with Gasteiger partial charge in [-0.2, -0.15) is 0 Å². The minimum absolute atomic E-state index is 0.0121. The van der Waals surface area contributed by atoms with Gasteiger partial charge in [0.15, 0.2) is 0 Å². The van der Waals surface area contributed by atoms with Gasteiger partial charge in [-0.3, -0.25) is 4.98 Å². The maximum absolute atomic E-state index is 11.6. The molecule has 0 N–H and O–H groups in total. The minimum Gasteiger partial charge on any atom is -0.493 e. The number of halogens is 1. The van der Waals surface area contributed by atoms with Gasteiger partial charge in [-0.1, -0.05) is 26.2 Å². The fraction of sp³-hybridized carbons (Fsp3) is 0.400. The summed E-state index contributed by atoms with van der Waals surface area (Å²) in [5.74, 6) is 0.638. The molecule has 2 aromatic rings. The van der Waals surface area contributed by atoms with Crippen LogP contribution in [0.2, 0.25) is 0 Å². The van der Waals surface area contributed by atoms with Crippen LogP contribution in [0.3, 0.4) is 0 Å². The molecule has 0 aliphatic rings. The van der Waals surface area contributed by atoms with Crippen LogP contribution < -0.4 is 4.74 Å². The molecule has 0 aliphatic heterocycles. The smallest absolute Gasteiger partial charge is 0.263 e. The molecule has 1 aromatic heterocycles. The van der Waals surface area contributed by atoms with Crippen molar-refractivity contribution in [1.29, 1.82) is 0 Å². The third-order valence-electron chi connectivity index (χ3n) is 3.21. The van der Waals surface area contributed by atoms with Gasteiger partial charge < -0.3 is 4.74 Å². The van der Waals surface area contributed by atoms with Crippen molar-refractivity contribution in [2.45, 2.75) is 37.5 Å². The van der Waals surface area contributed by atoms with Crippen LogP contribution in [0.25, 0.3) is 10.9 Å². The highest BCUT2D eigenvalue weighted by Crippen LogP contribution is 2.31. The standard InChI is InChI=1S/C15H18ClNO3S/c1-2-3-4-5-11-20-13-8-9-14(21(16,18)19)15-12(13)7-6-10-17-15/h6-10H,2-5,11H2,1H3. The van der Waals surface area contributed by atoms with Crippen LogP contribution in [-0.4, -0.2) is 20.0 Å². The van der Waals surface area contributed by atoms with Crippen LogP contribution in [0.4, 0.5) is 0 Å². The Kier molecular flexibility index (Phi) is 5.42. The van der Waals surface area contributed by atoms with Crippen molar-refractivity contribution in [2.75, 3.05) is 6.61 Å². The monoisotopic (exact) mass is 327 g/mol. The second-order valence-electron chi connectivity index (χ2n) is 4.81. The zero-order valence-corrected chi connectivity index (χ0v) is 13.5. The number of ether oxygens (including phenoxy) is 1.